The number of benzene rings is 1. The first kappa shape index (κ1) is 11.2. The van der Waals surface area contributed by atoms with Crippen LogP contribution in [-0.2, 0) is 6.42 Å². The molecule has 3 heteroatoms. The maximum absolute atomic E-state index is 5.61. The van der Waals surface area contributed by atoms with Crippen LogP contribution >= 0.6 is 0 Å². The maximum atomic E-state index is 5.61. The van der Waals surface area contributed by atoms with E-state index in [9.17, 15) is 0 Å². The SMILES string of the molecule is CCc1cc(C#Cc2ccccc2)nc(N)n1. The number of anilines is 1. The number of aromatic nitrogens is 2. The van der Waals surface area contributed by atoms with Gasteiger partial charge in [-0.05, 0) is 30.5 Å². The van der Waals surface area contributed by atoms with Crippen LogP contribution in [0.4, 0.5) is 5.95 Å². The van der Waals surface area contributed by atoms with Crippen molar-refractivity contribution < 1.29 is 0 Å². The highest BCUT2D eigenvalue weighted by Gasteiger charge is 1.97. The molecule has 0 aliphatic heterocycles. The summed E-state index contributed by atoms with van der Waals surface area (Å²) in [5, 5.41) is 0. The fourth-order valence-electron chi connectivity index (χ4n) is 1.42. The predicted octanol–water partition coefficient (Wildman–Crippen LogP) is 2.02. The molecule has 17 heavy (non-hydrogen) atoms. The van der Waals surface area contributed by atoms with Gasteiger partial charge in [-0.2, -0.15) is 0 Å². The Morgan fingerprint density at radius 2 is 1.88 bits per heavy atom. The molecule has 0 bridgehead atoms. The number of nitrogens with two attached hydrogens (primary N) is 1. The summed E-state index contributed by atoms with van der Waals surface area (Å²) in [6.07, 6.45) is 0.826. The zero-order chi connectivity index (χ0) is 12.1. The topological polar surface area (TPSA) is 51.8 Å². The summed E-state index contributed by atoms with van der Waals surface area (Å²) in [5.74, 6) is 6.32. The zero-order valence-electron chi connectivity index (χ0n) is 9.64. The van der Waals surface area contributed by atoms with Crippen molar-refractivity contribution >= 4 is 5.95 Å². The van der Waals surface area contributed by atoms with Crippen LogP contribution in [0.25, 0.3) is 0 Å². The average Bonchev–Trinajstić information content (AvgIpc) is 2.37. The molecular formula is C14H13N3. The van der Waals surface area contributed by atoms with Gasteiger partial charge >= 0.3 is 0 Å². The molecule has 0 aliphatic carbocycles. The van der Waals surface area contributed by atoms with E-state index in [-0.39, 0.29) is 5.95 Å². The highest BCUT2D eigenvalue weighted by molar-refractivity contribution is 5.41. The third-order valence-corrected chi connectivity index (χ3v) is 2.27. The fraction of sp³-hybridized carbons (Fsp3) is 0.143. The summed E-state index contributed by atoms with van der Waals surface area (Å²) in [6.45, 7) is 2.02. The van der Waals surface area contributed by atoms with Crippen molar-refractivity contribution in [1.82, 2.24) is 9.97 Å². The van der Waals surface area contributed by atoms with Crippen LogP contribution in [0.3, 0.4) is 0 Å². The van der Waals surface area contributed by atoms with E-state index in [0.29, 0.717) is 5.69 Å². The van der Waals surface area contributed by atoms with Crippen molar-refractivity contribution in [2.45, 2.75) is 13.3 Å². The van der Waals surface area contributed by atoms with E-state index in [0.717, 1.165) is 17.7 Å². The Morgan fingerprint density at radius 1 is 1.12 bits per heavy atom. The standard InChI is InChI=1S/C14H13N3/c1-2-12-10-13(17-14(15)16-12)9-8-11-6-4-3-5-7-11/h3-7,10H,2H2,1H3,(H2,15,16,17). The summed E-state index contributed by atoms with van der Waals surface area (Å²) in [6, 6.07) is 11.7. The molecule has 3 nitrogen and oxygen atoms in total. The van der Waals surface area contributed by atoms with Crippen LogP contribution < -0.4 is 5.73 Å². The molecule has 0 saturated heterocycles. The van der Waals surface area contributed by atoms with E-state index < -0.39 is 0 Å². The molecule has 0 amide bonds. The quantitative estimate of drug-likeness (QED) is 0.752. The minimum atomic E-state index is 0.279. The summed E-state index contributed by atoms with van der Waals surface area (Å²) in [4.78, 5) is 8.20. The van der Waals surface area contributed by atoms with Crippen LogP contribution in [0.2, 0.25) is 0 Å². The summed E-state index contributed by atoms with van der Waals surface area (Å²) in [7, 11) is 0. The summed E-state index contributed by atoms with van der Waals surface area (Å²) in [5.41, 5.74) is 8.15. The molecule has 0 atom stereocenters. The molecular weight excluding hydrogens is 210 g/mol. The number of nitrogen functional groups attached to an aromatic ring is 1. The second-order valence-electron chi connectivity index (χ2n) is 3.57. The molecule has 1 aromatic heterocycles. The lowest BCUT2D eigenvalue weighted by Gasteiger charge is -1.98. The normalized spacial score (nSPS) is 9.47. The number of rotatable bonds is 1. The van der Waals surface area contributed by atoms with Crippen LogP contribution in [0.1, 0.15) is 23.9 Å². The lowest BCUT2D eigenvalue weighted by atomic mass is 10.2. The smallest absolute Gasteiger partial charge is 0.221 e. The van der Waals surface area contributed by atoms with Crippen molar-refractivity contribution in [2.75, 3.05) is 5.73 Å². The van der Waals surface area contributed by atoms with E-state index in [1.165, 1.54) is 0 Å². The minimum Gasteiger partial charge on any atom is -0.368 e. The number of aryl methyl sites for hydroxylation is 1. The molecule has 0 aliphatic rings. The first-order valence-corrected chi connectivity index (χ1v) is 5.48. The van der Waals surface area contributed by atoms with Gasteiger partial charge in [-0.15, -0.1) is 0 Å². The third-order valence-electron chi connectivity index (χ3n) is 2.27. The second kappa shape index (κ2) is 5.13. The molecule has 1 aromatic carbocycles. The van der Waals surface area contributed by atoms with Gasteiger partial charge in [0, 0.05) is 11.3 Å². The maximum Gasteiger partial charge on any atom is 0.221 e. The Balaban J connectivity index is 2.31. The van der Waals surface area contributed by atoms with Crippen molar-refractivity contribution in [2.24, 2.45) is 0 Å². The van der Waals surface area contributed by atoms with E-state index >= 15 is 0 Å². The van der Waals surface area contributed by atoms with Gasteiger partial charge in [-0.25, -0.2) is 9.97 Å². The lowest BCUT2D eigenvalue weighted by molar-refractivity contribution is 1.00. The van der Waals surface area contributed by atoms with E-state index in [1.54, 1.807) is 0 Å². The van der Waals surface area contributed by atoms with Gasteiger partial charge in [0.15, 0.2) is 0 Å². The Kier molecular flexibility index (Phi) is 3.37. The van der Waals surface area contributed by atoms with Gasteiger partial charge in [0.1, 0.15) is 5.69 Å². The second-order valence-corrected chi connectivity index (χ2v) is 3.57. The molecule has 0 unspecified atom stereocenters. The highest BCUT2D eigenvalue weighted by Crippen LogP contribution is 2.03. The third kappa shape index (κ3) is 3.05. The lowest BCUT2D eigenvalue weighted by Crippen LogP contribution is -2.00. The minimum absolute atomic E-state index is 0.279. The molecule has 2 aromatic rings. The molecule has 2 rings (SSSR count). The summed E-state index contributed by atoms with van der Waals surface area (Å²) >= 11 is 0. The monoisotopic (exact) mass is 223 g/mol. The Labute approximate surface area is 101 Å². The number of hydrogen-bond acceptors (Lipinski definition) is 3. The average molecular weight is 223 g/mol. The van der Waals surface area contributed by atoms with Crippen molar-refractivity contribution in [3.63, 3.8) is 0 Å². The number of nitrogens with zero attached hydrogens (tertiary/aromatic N) is 2. The van der Waals surface area contributed by atoms with Crippen molar-refractivity contribution in [3.8, 4) is 11.8 Å². The predicted molar refractivity (Wildman–Crippen MR) is 68.2 cm³/mol. The first-order chi connectivity index (χ1) is 8.28. The van der Waals surface area contributed by atoms with Gasteiger partial charge in [0.2, 0.25) is 5.95 Å². The zero-order valence-corrected chi connectivity index (χ0v) is 9.64. The van der Waals surface area contributed by atoms with Gasteiger partial charge < -0.3 is 5.73 Å². The van der Waals surface area contributed by atoms with E-state index in [1.807, 2.05) is 43.3 Å². The largest absolute Gasteiger partial charge is 0.368 e. The highest BCUT2D eigenvalue weighted by atomic mass is 15.0. The molecule has 0 fully saturated rings. The van der Waals surface area contributed by atoms with Gasteiger partial charge in [-0.3, -0.25) is 0 Å². The molecule has 0 spiro atoms. The van der Waals surface area contributed by atoms with Crippen LogP contribution in [-0.4, -0.2) is 9.97 Å². The van der Waals surface area contributed by atoms with Gasteiger partial charge in [-0.1, -0.05) is 31.0 Å². The summed E-state index contributed by atoms with van der Waals surface area (Å²) < 4.78 is 0. The molecule has 0 radical (unpaired) electrons. The van der Waals surface area contributed by atoms with Crippen molar-refractivity contribution in [1.29, 1.82) is 0 Å². The van der Waals surface area contributed by atoms with Crippen LogP contribution in [0, 0.1) is 11.8 Å². The van der Waals surface area contributed by atoms with Crippen LogP contribution in [0.5, 0.6) is 0 Å². The van der Waals surface area contributed by atoms with Gasteiger partial charge in [0.05, 0.1) is 0 Å². The fourth-order valence-corrected chi connectivity index (χ4v) is 1.42. The van der Waals surface area contributed by atoms with E-state index in [4.69, 9.17) is 5.73 Å². The molecule has 84 valence electrons. The Morgan fingerprint density at radius 3 is 2.59 bits per heavy atom. The van der Waals surface area contributed by atoms with Gasteiger partial charge in [0.25, 0.3) is 0 Å². The number of hydrogen-bond donors (Lipinski definition) is 1. The van der Waals surface area contributed by atoms with E-state index in [2.05, 4.69) is 21.8 Å². The molecule has 1 heterocycles. The first-order valence-electron chi connectivity index (χ1n) is 5.48. The Hall–Kier alpha value is -2.34. The molecule has 2 N–H and O–H groups in total. The Bertz CT molecular complexity index is 565. The van der Waals surface area contributed by atoms with Crippen LogP contribution in [0.15, 0.2) is 36.4 Å². The molecule has 0 saturated carbocycles. The van der Waals surface area contributed by atoms with Crippen molar-refractivity contribution in [3.05, 3.63) is 53.3 Å².